The normalized spacial score (nSPS) is 27.4. The molecular weight excluding hydrogens is 251 g/mol. The standard InChI is InChI=1S/C13H15FN2OS/c14-10-2-1-9-8-16(13(15)12(9)7-10)11-3-5-18(17)6-4-11/h1-2,7,11,15H,3-6,8H2. The van der Waals surface area contributed by atoms with Gasteiger partial charge in [-0.2, -0.15) is 0 Å². The van der Waals surface area contributed by atoms with E-state index in [9.17, 15) is 8.60 Å². The molecule has 0 radical (unpaired) electrons. The first-order valence-corrected chi connectivity index (χ1v) is 7.63. The van der Waals surface area contributed by atoms with Crippen molar-refractivity contribution in [2.24, 2.45) is 0 Å². The van der Waals surface area contributed by atoms with Gasteiger partial charge < -0.3 is 4.90 Å². The topological polar surface area (TPSA) is 44.2 Å². The molecule has 2 aliphatic rings. The van der Waals surface area contributed by atoms with Crippen LogP contribution in [0.25, 0.3) is 0 Å². The van der Waals surface area contributed by atoms with Crippen molar-refractivity contribution in [3.05, 3.63) is 35.1 Å². The van der Waals surface area contributed by atoms with Crippen LogP contribution in [0.3, 0.4) is 0 Å². The second-order valence-corrected chi connectivity index (χ2v) is 6.55. The van der Waals surface area contributed by atoms with Crippen molar-refractivity contribution >= 4 is 16.6 Å². The molecule has 3 rings (SSSR count). The van der Waals surface area contributed by atoms with E-state index in [0.29, 0.717) is 17.9 Å². The predicted molar refractivity (Wildman–Crippen MR) is 69.7 cm³/mol. The molecule has 2 aliphatic heterocycles. The van der Waals surface area contributed by atoms with Gasteiger partial charge in [0.05, 0.1) is 0 Å². The molecule has 0 unspecified atom stereocenters. The maximum atomic E-state index is 13.2. The first-order chi connectivity index (χ1) is 8.65. The number of amidine groups is 1. The lowest BCUT2D eigenvalue weighted by Crippen LogP contribution is -2.40. The van der Waals surface area contributed by atoms with Gasteiger partial charge in [0.15, 0.2) is 0 Å². The molecule has 3 nitrogen and oxygen atoms in total. The number of nitrogens with zero attached hydrogens (tertiary/aromatic N) is 1. The summed E-state index contributed by atoms with van der Waals surface area (Å²) >= 11 is 0. The molecule has 1 N–H and O–H groups in total. The maximum Gasteiger partial charge on any atom is 0.129 e. The van der Waals surface area contributed by atoms with Gasteiger partial charge in [0, 0.05) is 40.5 Å². The summed E-state index contributed by atoms with van der Waals surface area (Å²) < 4.78 is 24.6. The quantitative estimate of drug-likeness (QED) is 0.843. The summed E-state index contributed by atoms with van der Waals surface area (Å²) in [6.07, 6.45) is 1.73. The SMILES string of the molecule is N=C1c2cc(F)ccc2CN1C1CCS(=O)CC1. The average molecular weight is 266 g/mol. The Balaban J connectivity index is 1.82. The number of halogens is 1. The molecule has 1 aromatic rings. The third kappa shape index (κ3) is 1.96. The molecule has 0 saturated carbocycles. The highest BCUT2D eigenvalue weighted by atomic mass is 32.2. The van der Waals surface area contributed by atoms with Crippen LogP contribution in [0.1, 0.15) is 24.0 Å². The van der Waals surface area contributed by atoms with E-state index >= 15 is 0 Å². The molecule has 0 aromatic heterocycles. The maximum absolute atomic E-state index is 13.2. The fourth-order valence-corrected chi connectivity index (χ4v) is 4.00. The monoisotopic (exact) mass is 266 g/mol. The van der Waals surface area contributed by atoms with Crippen LogP contribution >= 0.6 is 0 Å². The van der Waals surface area contributed by atoms with Crippen LogP contribution < -0.4 is 0 Å². The number of fused-ring (bicyclic) bond motifs is 1. The van der Waals surface area contributed by atoms with Gasteiger partial charge in [0.1, 0.15) is 11.7 Å². The van der Waals surface area contributed by atoms with Gasteiger partial charge in [-0.15, -0.1) is 0 Å². The largest absolute Gasteiger partial charge is 0.349 e. The van der Waals surface area contributed by atoms with Crippen LogP contribution in [-0.4, -0.2) is 32.5 Å². The third-order valence-electron chi connectivity index (χ3n) is 3.75. The summed E-state index contributed by atoms with van der Waals surface area (Å²) in [6, 6.07) is 4.94. The fourth-order valence-electron chi connectivity index (χ4n) is 2.73. The van der Waals surface area contributed by atoms with Crippen LogP contribution in [0.4, 0.5) is 4.39 Å². The highest BCUT2D eigenvalue weighted by Gasteiger charge is 2.32. The molecule has 0 amide bonds. The predicted octanol–water partition coefficient (Wildman–Crippen LogP) is 1.88. The molecular formula is C13H15FN2OS. The van der Waals surface area contributed by atoms with Crippen molar-refractivity contribution < 1.29 is 8.60 Å². The summed E-state index contributed by atoms with van der Waals surface area (Å²) in [6.45, 7) is 0.686. The van der Waals surface area contributed by atoms with Crippen LogP contribution in [0.5, 0.6) is 0 Å². The lowest BCUT2D eigenvalue weighted by molar-refractivity contribution is 0.294. The summed E-state index contributed by atoms with van der Waals surface area (Å²) in [5.41, 5.74) is 1.73. The van der Waals surface area contributed by atoms with Crippen LogP contribution in [0, 0.1) is 11.2 Å². The number of rotatable bonds is 1. The summed E-state index contributed by atoms with van der Waals surface area (Å²) in [4.78, 5) is 2.03. The van der Waals surface area contributed by atoms with Gasteiger partial charge in [-0.05, 0) is 30.5 Å². The molecule has 18 heavy (non-hydrogen) atoms. The third-order valence-corrected chi connectivity index (χ3v) is 5.14. The number of nitrogens with one attached hydrogen (secondary N) is 1. The Morgan fingerprint density at radius 1 is 1.33 bits per heavy atom. The smallest absolute Gasteiger partial charge is 0.129 e. The zero-order valence-corrected chi connectivity index (χ0v) is 10.8. The molecule has 0 aliphatic carbocycles. The number of benzene rings is 1. The Morgan fingerprint density at radius 3 is 2.78 bits per heavy atom. The second kappa shape index (κ2) is 4.46. The van der Waals surface area contributed by atoms with Crippen LogP contribution in [0.15, 0.2) is 18.2 Å². The molecule has 1 fully saturated rings. The highest BCUT2D eigenvalue weighted by molar-refractivity contribution is 7.85. The summed E-state index contributed by atoms with van der Waals surface area (Å²) in [5, 5.41) is 8.15. The highest BCUT2D eigenvalue weighted by Crippen LogP contribution is 2.28. The Kier molecular flexibility index (Phi) is 2.93. The Labute approximate surface area is 108 Å². The minimum absolute atomic E-state index is 0.283. The minimum Gasteiger partial charge on any atom is -0.349 e. The zero-order chi connectivity index (χ0) is 12.7. The van der Waals surface area contributed by atoms with E-state index < -0.39 is 10.8 Å². The van der Waals surface area contributed by atoms with Gasteiger partial charge >= 0.3 is 0 Å². The average Bonchev–Trinajstić information content (AvgIpc) is 2.68. The van der Waals surface area contributed by atoms with Crippen LogP contribution in [-0.2, 0) is 17.3 Å². The van der Waals surface area contributed by atoms with Gasteiger partial charge in [0.25, 0.3) is 0 Å². The van der Waals surface area contributed by atoms with Crippen molar-refractivity contribution in [3.63, 3.8) is 0 Å². The fraction of sp³-hybridized carbons (Fsp3) is 0.462. The van der Waals surface area contributed by atoms with Gasteiger partial charge in [-0.3, -0.25) is 9.62 Å². The van der Waals surface area contributed by atoms with E-state index in [1.807, 2.05) is 4.90 Å². The molecule has 1 saturated heterocycles. The van der Waals surface area contributed by atoms with Crippen molar-refractivity contribution in [1.29, 1.82) is 5.41 Å². The molecule has 0 spiro atoms. The molecule has 5 heteroatoms. The number of hydrogen-bond acceptors (Lipinski definition) is 2. The molecule has 0 atom stereocenters. The van der Waals surface area contributed by atoms with E-state index in [-0.39, 0.29) is 11.9 Å². The summed E-state index contributed by atoms with van der Waals surface area (Å²) in [7, 11) is -0.683. The summed E-state index contributed by atoms with van der Waals surface area (Å²) in [5.74, 6) is 1.57. The first kappa shape index (κ1) is 11.8. The van der Waals surface area contributed by atoms with Crippen molar-refractivity contribution in [3.8, 4) is 0 Å². The van der Waals surface area contributed by atoms with E-state index in [1.54, 1.807) is 6.07 Å². The van der Waals surface area contributed by atoms with Gasteiger partial charge in [-0.25, -0.2) is 4.39 Å². The minimum atomic E-state index is -0.683. The van der Waals surface area contributed by atoms with Crippen molar-refractivity contribution in [2.75, 3.05) is 11.5 Å². The van der Waals surface area contributed by atoms with Gasteiger partial charge in [0.2, 0.25) is 0 Å². The Bertz CT molecular complexity index is 522. The molecule has 96 valence electrons. The van der Waals surface area contributed by atoms with Crippen LogP contribution in [0.2, 0.25) is 0 Å². The van der Waals surface area contributed by atoms with E-state index in [4.69, 9.17) is 5.41 Å². The lowest BCUT2D eigenvalue weighted by atomic mass is 10.1. The van der Waals surface area contributed by atoms with Gasteiger partial charge in [-0.1, -0.05) is 6.07 Å². The lowest BCUT2D eigenvalue weighted by Gasteiger charge is -2.32. The van der Waals surface area contributed by atoms with E-state index in [0.717, 1.165) is 29.9 Å². The molecule has 2 heterocycles. The number of hydrogen-bond donors (Lipinski definition) is 1. The zero-order valence-electron chi connectivity index (χ0n) is 9.99. The first-order valence-electron chi connectivity index (χ1n) is 6.14. The van der Waals surface area contributed by atoms with Crippen molar-refractivity contribution in [2.45, 2.75) is 25.4 Å². The molecule has 0 bridgehead atoms. The Hall–Kier alpha value is -1.23. The van der Waals surface area contributed by atoms with Crippen molar-refractivity contribution in [1.82, 2.24) is 4.90 Å². The second-order valence-electron chi connectivity index (χ2n) is 4.86. The van der Waals surface area contributed by atoms with E-state index in [1.165, 1.54) is 12.1 Å². The molecule has 1 aromatic carbocycles. The van der Waals surface area contributed by atoms with E-state index in [2.05, 4.69) is 0 Å². The Morgan fingerprint density at radius 2 is 2.06 bits per heavy atom.